The van der Waals surface area contributed by atoms with Gasteiger partial charge in [-0.2, -0.15) is 0 Å². The molecule has 7 nitrogen and oxygen atoms in total. The van der Waals surface area contributed by atoms with Crippen LogP contribution in [0.4, 0.5) is 11.4 Å². The number of anilines is 2. The summed E-state index contributed by atoms with van der Waals surface area (Å²) in [7, 11) is 3.82. The SMILES string of the molecule is Cc1ccc(C2C(C(=O)c3cc4cc(Cl)ccc4o3)=C(O)C(=O)N2c2ccc(N(C)C)cc2)o1. The van der Waals surface area contributed by atoms with Crippen molar-refractivity contribution in [3.8, 4) is 0 Å². The maximum absolute atomic E-state index is 13.6. The van der Waals surface area contributed by atoms with Crippen molar-refractivity contribution >= 4 is 45.6 Å². The van der Waals surface area contributed by atoms with Crippen molar-refractivity contribution in [2.75, 3.05) is 23.9 Å². The van der Waals surface area contributed by atoms with Crippen molar-refractivity contribution in [1.29, 1.82) is 0 Å². The van der Waals surface area contributed by atoms with E-state index >= 15 is 0 Å². The van der Waals surface area contributed by atoms with Crippen LogP contribution in [0, 0.1) is 6.92 Å². The number of benzene rings is 2. The second-order valence-electron chi connectivity index (χ2n) is 8.32. The molecule has 8 heteroatoms. The standard InChI is InChI=1S/C26H21ClN2O5/c1-14-4-10-20(33-14)23-22(24(30)21-13-15-12-16(27)5-11-19(15)34-21)25(31)26(32)29(23)18-8-6-17(7-9-18)28(2)3/h4-13,23,31H,1-3H3. The van der Waals surface area contributed by atoms with Gasteiger partial charge in [-0.3, -0.25) is 14.5 Å². The fourth-order valence-corrected chi connectivity index (χ4v) is 4.32. The largest absolute Gasteiger partial charge is 0.503 e. The van der Waals surface area contributed by atoms with Gasteiger partial charge in [0.15, 0.2) is 11.5 Å². The van der Waals surface area contributed by atoms with E-state index in [1.165, 1.54) is 4.90 Å². The number of aliphatic hydroxyl groups is 1. The molecule has 1 aliphatic rings. The number of nitrogens with zero attached hydrogens (tertiary/aromatic N) is 2. The van der Waals surface area contributed by atoms with E-state index < -0.39 is 23.5 Å². The van der Waals surface area contributed by atoms with Crippen LogP contribution in [0.1, 0.15) is 28.1 Å². The van der Waals surface area contributed by atoms with Crippen molar-refractivity contribution in [3.05, 3.63) is 94.3 Å². The summed E-state index contributed by atoms with van der Waals surface area (Å²) < 4.78 is 11.6. The van der Waals surface area contributed by atoms with Gasteiger partial charge in [-0.15, -0.1) is 0 Å². The van der Waals surface area contributed by atoms with E-state index in [1.807, 2.05) is 31.1 Å². The summed E-state index contributed by atoms with van der Waals surface area (Å²) in [6.07, 6.45) is 0. The Kier molecular flexibility index (Phi) is 5.21. The highest BCUT2D eigenvalue weighted by molar-refractivity contribution is 6.31. The Labute approximate surface area is 200 Å². The van der Waals surface area contributed by atoms with Crippen LogP contribution < -0.4 is 9.80 Å². The summed E-state index contributed by atoms with van der Waals surface area (Å²) in [6.45, 7) is 1.77. The van der Waals surface area contributed by atoms with Gasteiger partial charge in [-0.05, 0) is 67.6 Å². The zero-order valence-corrected chi connectivity index (χ0v) is 19.5. The summed E-state index contributed by atoms with van der Waals surface area (Å²) in [6, 6.07) is 16.3. The van der Waals surface area contributed by atoms with Crippen molar-refractivity contribution in [2.24, 2.45) is 0 Å². The Morgan fingerprint density at radius 1 is 1.03 bits per heavy atom. The average molecular weight is 477 g/mol. The molecular weight excluding hydrogens is 456 g/mol. The van der Waals surface area contributed by atoms with Gasteiger partial charge in [0.05, 0.1) is 5.57 Å². The first-order chi connectivity index (χ1) is 16.2. The van der Waals surface area contributed by atoms with Gasteiger partial charge in [0.25, 0.3) is 5.91 Å². The van der Waals surface area contributed by atoms with Crippen molar-refractivity contribution in [3.63, 3.8) is 0 Å². The monoisotopic (exact) mass is 476 g/mol. The third-order valence-electron chi connectivity index (χ3n) is 5.83. The fraction of sp³-hybridized carbons (Fsp3) is 0.154. The van der Waals surface area contributed by atoms with E-state index in [0.717, 1.165) is 5.69 Å². The van der Waals surface area contributed by atoms with Gasteiger partial charge in [-0.25, -0.2) is 0 Å². The molecule has 0 aliphatic carbocycles. The first-order valence-corrected chi connectivity index (χ1v) is 11.0. The van der Waals surface area contributed by atoms with Crippen LogP contribution in [0.25, 0.3) is 11.0 Å². The highest BCUT2D eigenvalue weighted by Crippen LogP contribution is 2.43. The number of rotatable bonds is 5. The van der Waals surface area contributed by atoms with E-state index in [2.05, 4.69) is 0 Å². The number of carbonyl (C=O) groups excluding carboxylic acids is 2. The van der Waals surface area contributed by atoms with Crippen LogP contribution in [0.15, 0.2) is 80.8 Å². The van der Waals surface area contributed by atoms with Crippen molar-refractivity contribution in [2.45, 2.75) is 13.0 Å². The van der Waals surface area contributed by atoms with Crippen LogP contribution in [-0.4, -0.2) is 30.9 Å². The van der Waals surface area contributed by atoms with Crippen molar-refractivity contribution < 1.29 is 23.5 Å². The minimum absolute atomic E-state index is 0.00954. The lowest BCUT2D eigenvalue weighted by Crippen LogP contribution is -2.30. The number of halogens is 1. The quantitative estimate of drug-likeness (QED) is 0.364. The Hall–Kier alpha value is -3.97. The number of furan rings is 2. The summed E-state index contributed by atoms with van der Waals surface area (Å²) >= 11 is 6.06. The molecule has 1 unspecified atom stereocenters. The number of aliphatic hydroxyl groups excluding tert-OH is 1. The number of hydrogen-bond acceptors (Lipinski definition) is 6. The third kappa shape index (κ3) is 3.54. The molecule has 1 amide bonds. The van der Waals surface area contributed by atoms with E-state index in [1.54, 1.807) is 55.5 Å². The molecule has 0 saturated heterocycles. The molecule has 0 spiro atoms. The first-order valence-electron chi connectivity index (χ1n) is 10.6. The topological polar surface area (TPSA) is 87.1 Å². The lowest BCUT2D eigenvalue weighted by atomic mass is 9.99. The zero-order valence-electron chi connectivity index (χ0n) is 18.7. The molecule has 0 fully saturated rings. The highest BCUT2D eigenvalue weighted by Gasteiger charge is 2.46. The molecule has 4 aromatic rings. The molecule has 172 valence electrons. The first kappa shape index (κ1) is 21.9. The molecule has 2 aromatic carbocycles. The molecular formula is C26H21ClN2O5. The van der Waals surface area contributed by atoms with E-state index in [-0.39, 0.29) is 11.3 Å². The smallest absolute Gasteiger partial charge is 0.294 e. The van der Waals surface area contributed by atoms with Crippen LogP contribution in [-0.2, 0) is 4.79 Å². The number of ketones is 1. The average Bonchev–Trinajstić information content (AvgIpc) is 3.49. The molecule has 5 rings (SSSR count). The van der Waals surface area contributed by atoms with E-state index in [4.69, 9.17) is 20.4 Å². The van der Waals surface area contributed by atoms with E-state index in [9.17, 15) is 14.7 Å². The molecule has 34 heavy (non-hydrogen) atoms. The fourth-order valence-electron chi connectivity index (χ4n) is 4.14. The molecule has 2 aromatic heterocycles. The van der Waals surface area contributed by atoms with Gasteiger partial charge in [0.1, 0.15) is 23.1 Å². The third-order valence-corrected chi connectivity index (χ3v) is 6.06. The van der Waals surface area contributed by atoms with Gasteiger partial charge >= 0.3 is 0 Å². The number of aryl methyl sites for hydroxylation is 1. The Morgan fingerprint density at radius 2 is 1.76 bits per heavy atom. The minimum atomic E-state index is -0.962. The van der Waals surface area contributed by atoms with Crippen molar-refractivity contribution in [1.82, 2.24) is 0 Å². The lowest BCUT2D eigenvalue weighted by molar-refractivity contribution is -0.117. The molecule has 0 bridgehead atoms. The van der Waals surface area contributed by atoms with Crippen LogP contribution in [0.5, 0.6) is 0 Å². The van der Waals surface area contributed by atoms with Gasteiger partial charge in [-0.1, -0.05) is 11.6 Å². The Balaban J connectivity index is 1.62. The van der Waals surface area contributed by atoms with Crippen LogP contribution in [0.2, 0.25) is 5.02 Å². The van der Waals surface area contributed by atoms with Crippen LogP contribution >= 0.6 is 11.6 Å². The highest BCUT2D eigenvalue weighted by atomic mass is 35.5. The second-order valence-corrected chi connectivity index (χ2v) is 8.76. The molecule has 3 heterocycles. The maximum atomic E-state index is 13.6. The van der Waals surface area contributed by atoms with Gasteiger partial charge in [0, 0.05) is 35.9 Å². The Bertz CT molecular complexity index is 1460. The number of fused-ring (bicyclic) bond motifs is 1. The normalized spacial score (nSPS) is 16.1. The van der Waals surface area contributed by atoms with Gasteiger partial charge < -0.3 is 18.8 Å². The number of hydrogen-bond donors (Lipinski definition) is 1. The Morgan fingerprint density at radius 3 is 2.41 bits per heavy atom. The predicted molar refractivity (Wildman–Crippen MR) is 130 cm³/mol. The molecule has 1 N–H and O–H groups in total. The van der Waals surface area contributed by atoms with E-state index in [0.29, 0.717) is 33.2 Å². The number of Topliss-reactive ketones (excluding diaryl/α,β-unsaturated/α-hetero) is 1. The molecule has 1 atom stereocenters. The van der Waals surface area contributed by atoms with Gasteiger partial charge in [0.2, 0.25) is 5.78 Å². The number of carbonyl (C=O) groups is 2. The second kappa shape index (κ2) is 8.11. The summed E-state index contributed by atoms with van der Waals surface area (Å²) in [5.74, 6) is -0.983. The molecule has 0 radical (unpaired) electrons. The summed E-state index contributed by atoms with van der Waals surface area (Å²) in [4.78, 5) is 30.1. The minimum Gasteiger partial charge on any atom is -0.503 e. The zero-order chi connectivity index (χ0) is 24.1. The molecule has 1 aliphatic heterocycles. The summed E-state index contributed by atoms with van der Waals surface area (Å²) in [5.41, 5.74) is 1.82. The predicted octanol–water partition coefficient (Wildman–Crippen LogP) is 5.84. The maximum Gasteiger partial charge on any atom is 0.294 e. The number of amides is 1. The van der Waals surface area contributed by atoms with Crippen LogP contribution in [0.3, 0.4) is 0 Å². The lowest BCUT2D eigenvalue weighted by Gasteiger charge is -2.25. The summed E-state index contributed by atoms with van der Waals surface area (Å²) in [5, 5.41) is 12.0. The molecule has 0 saturated carbocycles.